The summed E-state index contributed by atoms with van der Waals surface area (Å²) in [7, 11) is 0. The molecule has 106 valence electrons. The Bertz CT molecular complexity index is 427. The Morgan fingerprint density at radius 1 is 1.53 bits per heavy atom. The average Bonchev–Trinajstić information content (AvgIpc) is 2.80. The van der Waals surface area contributed by atoms with E-state index in [9.17, 15) is 4.39 Å². The third-order valence-electron chi connectivity index (χ3n) is 3.68. The van der Waals surface area contributed by atoms with Gasteiger partial charge in [0.15, 0.2) is 0 Å². The predicted octanol–water partition coefficient (Wildman–Crippen LogP) is 4.05. The van der Waals surface area contributed by atoms with Gasteiger partial charge in [0.2, 0.25) is 0 Å². The van der Waals surface area contributed by atoms with Crippen molar-refractivity contribution in [2.24, 2.45) is 5.92 Å². The Hall–Kier alpha value is -0.450. The van der Waals surface area contributed by atoms with Crippen molar-refractivity contribution in [1.29, 1.82) is 0 Å². The Balaban J connectivity index is 2.28. The van der Waals surface area contributed by atoms with Gasteiger partial charge in [-0.15, -0.1) is 0 Å². The fraction of sp³-hybridized carbons (Fsp3) is 0.600. The summed E-state index contributed by atoms with van der Waals surface area (Å²) in [5.41, 5.74) is 0.696. The van der Waals surface area contributed by atoms with Gasteiger partial charge in [-0.1, -0.05) is 29.8 Å². The van der Waals surface area contributed by atoms with E-state index in [4.69, 9.17) is 4.74 Å². The van der Waals surface area contributed by atoms with Crippen molar-refractivity contribution in [3.63, 3.8) is 0 Å². The highest BCUT2D eigenvalue weighted by Gasteiger charge is 2.34. The van der Waals surface area contributed by atoms with E-state index in [1.54, 1.807) is 6.07 Å². The van der Waals surface area contributed by atoms with Crippen LogP contribution < -0.4 is 5.32 Å². The number of rotatable bonds is 5. The lowest BCUT2D eigenvalue weighted by Crippen LogP contribution is -2.35. The van der Waals surface area contributed by atoms with Gasteiger partial charge in [-0.05, 0) is 43.5 Å². The molecule has 2 nitrogen and oxygen atoms in total. The Kier molecular flexibility index (Phi) is 5.37. The van der Waals surface area contributed by atoms with Crippen LogP contribution >= 0.6 is 15.9 Å². The molecule has 1 aromatic carbocycles. The van der Waals surface area contributed by atoms with E-state index in [1.807, 2.05) is 6.07 Å². The zero-order valence-corrected chi connectivity index (χ0v) is 13.0. The number of hydrogen-bond acceptors (Lipinski definition) is 2. The maximum Gasteiger partial charge on any atom is 0.128 e. The maximum absolute atomic E-state index is 14.1. The fourth-order valence-corrected chi connectivity index (χ4v) is 2.98. The van der Waals surface area contributed by atoms with E-state index in [2.05, 4.69) is 35.1 Å². The molecular weight excluding hydrogens is 309 g/mol. The van der Waals surface area contributed by atoms with Crippen LogP contribution in [0.25, 0.3) is 0 Å². The van der Waals surface area contributed by atoms with Gasteiger partial charge in [-0.3, -0.25) is 0 Å². The molecule has 0 radical (unpaired) electrons. The molecular formula is C15H21BrFNO. The number of nitrogens with one attached hydrogen (secondary N) is 1. The first-order valence-corrected chi connectivity index (χ1v) is 7.72. The van der Waals surface area contributed by atoms with Gasteiger partial charge < -0.3 is 10.1 Å². The molecule has 1 aliphatic rings. The van der Waals surface area contributed by atoms with Crippen molar-refractivity contribution >= 4 is 15.9 Å². The highest BCUT2D eigenvalue weighted by molar-refractivity contribution is 9.10. The van der Waals surface area contributed by atoms with E-state index >= 15 is 0 Å². The topological polar surface area (TPSA) is 21.3 Å². The minimum atomic E-state index is -0.167. The summed E-state index contributed by atoms with van der Waals surface area (Å²) >= 11 is 3.42. The van der Waals surface area contributed by atoms with Crippen molar-refractivity contribution in [2.75, 3.05) is 13.2 Å². The largest absolute Gasteiger partial charge is 0.376 e. The number of halogens is 2. The minimum absolute atomic E-state index is 0.0512. The van der Waals surface area contributed by atoms with E-state index in [0.29, 0.717) is 11.5 Å². The zero-order chi connectivity index (χ0) is 13.8. The van der Waals surface area contributed by atoms with Crippen molar-refractivity contribution in [1.82, 2.24) is 5.32 Å². The summed E-state index contributed by atoms with van der Waals surface area (Å²) in [4.78, 5) is 0. The van der Waals surface area contributed by atoms with E-state index in [1.165, 1.54) is 6.07 Å². The summed E-state index contributed by atoms with van der Waals surface area (Å²) in [6.07, 6.45) is 2.12. The molecule has 1 heterocycles. The van der Waals surface area contributed by atoms with Crippen molar-refractivity contribution < 1.29 is 9.13 Å². The van der Waals surface area contributed by atoms with E-state index < -0.39 is 0 Å². The Labute approximate surface area is 122 Å². The summed E-state index contributed by atoms with van der Waals surface area (Å²) in [5, 5.41) is 3.44. The molecule has 0 aliphatic carbocycles. The SMILES string of the molecule is CCCNC(c1cc(Br)ccc1F)C1OCCC1C. The number of ether oxygens (including phenoxy) is 1. The molecule has 0 spiro atoms. The molecule has 2 rings (SSSR count). The molecule has 0 saturated carbocycles. The van der Waals surface area contributed by atoms with Crippen LogP contribution in [-0.2, 0) is 4.74 Å². The smallest absolute Gasteiger partial charge is 0.128 e. The first kappa shape index (κ1) is 14.9. The Morgan fingerprint density at radius 3 is 2.95 bits per heavy atom. The van der Waals surface area contributed by atoms with E-state index in [0.717, 1.165) is 30.5 Å². The van der Waals surface area contributed by atoms with Crippen LogP contribution in [0.3, 0.4) is 0 Å². The third kappa shape index (κ3) is 3.56. The fourth-order valence-electron chi connectivity index (χ4n) is 2.60. The second kappa shape index (κ2) is 6.82. The molecule has 0 bridgehead atoms. The van der Waals surface area contributed by atoms with Gasteiger partial charge in [0.05, 0.1) is 12.1 Å². The van der Waals surface area contributed by atoms with Gasteiger partial charge in [-0.2, -0.15) is 0 Å². The number of hydrogen-bond donors (Lipinski definition) is 1. The first-order valence-electron chi connectivity index (χ1n) is 6.93. The van der Waals surface area contributed by atoms with Crippen molar-refractivity contribution in [3.8, 4) is 0 Å². The normalized spacial score (nSPS) is 24.6. The molecule has 4 heteroatoms. The second-order valence-electron chi connectivity index (χ2n) is 5.20. The highest BCUT2D eigenvalue weighted by atomic mass is 79.9. The van der Waals surface area contributed by atoms with Gasteiger partial charge in [-0.25, -0.2) is 4.39 Å². The molecule has 0 amide bonds. The lowest BCUT2D eigenvalue weighted by atomic mass is 9.92. The second-order valence-corrected chi connectivity index (χ2v) is 6.11. The average molecular weight is 330 g/mol. The third-order valence-corrected chi connectivity index (χ3v) is 4.17. The standard InChI is InChI=1S/C15H21BrFNO/c1-3-7-18-14(15-10(2)6-8-19-15)12-9-11(16)4-5-13(12)17/h4-5,9-10,14-15,18H,3,6-8H2,1-2H3. The lowest BCUT2D eigenvalue weighted by Gasteiger charge is -2.28. The van der Waals surface area contributed by atoms with Crippen LogP contribution in [0.15, 0.2) is 22.7 Å². The molecule has 3 unspecified atom stereocenters. The molecule has 1 aromatic rings. The first-order chi connectivity index (χ1) is 9.13. The van der Waals surface area contributed by atoms with Crippen LogP contribution in [0.1, 0.15) is 38.3 Å². The van der Waals surface area contributed by atoms with Gasteiger partial charge in [0, 0.05) is 16.6 Å². The van der Waals surface area contributed by atoms with E-state index in [-0.39, 0.29) is 18.0 Å². The Morgan fingerprint density at radius 2 is 2.32 bits per heavy atom. The summed E-state index contributed by atoms with van der Waals surface area (Å²) in [6, 6.07) is 5.03. The zero-order valence-electron chi connectivity index (χ0n) is 11.5. The molecule has 1 N–H and O–H groups in total. The molecule has 19 heavy (non-hydrogen) atoms. The van der Waals surface area contributed by atoms with Crippen molar-refractivity contribution in [2.45, 2.75) is 38.8 Å². The molecule has 1 aliphatic heterocycles. The highest BCUT2D eigenvalue weighted by Crippen LogP contribution is 2.33. The van der Waals surface area contributed by atoms with Crippen LogP contribution in [-0.4, -0.2) is 19.3 Å². The van der Waals surface area contributed by atoms with Crippen LogP contribution in [0.4, 0.5) is 4.39 Å². The summed E-state index contributed by atoms with van der Waals surface area (Å²) in [6.45, 7) is 5.92. The predicted molar refractivity (Wildman–Crippen MR) is 78.7 cm³/mol. The van der Waals surface area contributed by atoms with Gasteiger partial charge >= 0.3 is 0 Å². The summed E-state index contributed by atoms with van der Waals surface area (Å²) < 4.78 is 20.8. The van der Waals surface area contributed by atoms with Gasteiger partial charge in [0.1, 0.15) is 5.82 Å². The lowest BCUT2D eigenvalue weighted by molar-refractivity contribution is 0.0596. The van der Waals surface area contributed by atoms with Crippen LogP contribution in [0.2, 0.25) is 0 Å². The molecule has 1 fully saturated rings. The molecule has 0 aromatic heterocycles. The van der Waals surface area contributed by atoms with Crippen LogP contribution in [0, 0.1) is 11.7 Å². The number of benzene rings is 1. The monoisotopic (exact) mass is 329 g/mol. The summed E-state index contributed by atoms with van der Waals surface area (Å²) in [5.74, 6) is 0.284. The van der Waals surface area contributed by atoms with Crippen LogP contribution in [0.5, 0.6) is 0 Å². The van der Waals surface area contributed by atoms with Crippen molar-refractivity contribution in [3.05, 3.63) is 34.1 Å². The molecule has 3 atom stereocenters. The quantitative estimate of drug-likeness (QED) is 0.879. The van der Waals surface area contributed by atoms with Gasteiger partial charge in [0.25, 0.3) is 0 Å². The molecule has 1 saturated heterocycles. The minimum Gasteiger partial charge on any atom is -0.376 e. The maximum atomic E-state index is 14.1.